The first kappa shape index (κ1) is 16.7. The summed E-state index contributed by atoms with van der Waals surface area (Å²) >= 11 is 0. The minimum Gasteiger partial charge on any atom is -0.480 e. The van der Waals surface area contributed by atoms with Crippen molar-refractivity contribution in [3.05, 3.63) is 0 Å². The highest BCUT2D eigenvalue weighted by molar-refractivity contribution is 7.91. The van der Waals surface area contributed by atoms with Crippen LogP contribution < -0.4 is 10.6 Å². The highest BCUT2D eigenvalue weighted by Crippen LogP contribution is 2.22. The second-order valence-corrected chi connectivity index (χ2v) is 7.72. The van der Waals surface area contributed by atoms with E-state index in [0.717, 1.165) is 6.42 Å². The Bertz CT molecular complexity index is 476. The zero-order valence-electron chi connectivity index (χ0n) is 11.8. The third-order valence-electron chi connectivity index (χ3n) is 3.37. The van der Waals surface area contributed by atoms with Crippen molar-refractivity contribution in [3.8, 4) is 0 Å². The van der Waals surface area contributed by atoms with Crippen molar-refractivity contribution in [1.82, 2.24) is 10.6 Å². The number of hydrogen-bond acceptors (Lipinski definition) is 4. The van der Waals surface area contributed by atoms with E-state index in [9.17, 15) is 18.0 Å². The minimum atomic E-state index is -3.12. The molecule has 0 saturated carbocycles. The maximum absolute atomic E-state index is 11.8. The summed E-state index contributed by atoms with van der Waals surface area (Å²) in [6.07, 6.45) is 2.23. The standard InChI is InChI=1S/C12H22N2O5S/c1-3-4-5-9(10(15)16)13-11(17)14-12(2)6-7-20(18,19)8-12/h9H,3-8H2,1-2H3,(H,15,16)(H2,13,14,17)/t9-,12?/m0/s1. The number of nitrogens with one attached hydrogen (secondary N) is 2. The molecule has 20 heavy (non-hydrogen) atoms. The topological polar surface area (TPSA) is 113 Å². The monoisotopic (exact) mass is 306 g/mol. The summed E-state index contributed by atoms with van der Waals surface area (Å²) in [6, 6.07) is -1.58. The Morgan fingerprint density at radius 3 is 2.50 bits per heavy atom. The van der Waals surface area contributed by atoms with Crippen LogP contribution in [0.1, 0.15) is 39.5 Å². The second-order valence-electron chi connectivity index (χ2n) is 5.53. The van der Waals surface area contributed by atoms with Gasteiger partial charge in [0, 0.05) is 0 Å². The molecule has 0 aromatic heterocycles. The molecule has 1 saturated heterocycles. The molecule has 7 nitrogen and oxygen atoms in total. The molecule has 0 radical (unpaired) electrons. The zero-order chi connectivity index (χ0) is 15.4. The first-order chi connectivity index (χ1) is 9.17. The smallest absolute Gasteiger partial charge is 0.326 e. The highest BCUT2D eigenvalue weighted by Gasteiger charge is 2.39. The van der Waals surface area contributed by atoms with Gasteiger partial charge in [0.25, 0.3) is 0 Å². The number of rotatable bonds is 6. The van der Waals surface area contributed by atoms with Crippen LogP contribution in [0.5, 0.6) is 0 Å². The number of aliphatic carboxylic acids is 1. The molecule has 1 unspecified atom stereocenters. The number of carboxylic acids is 1. The number of urea groups is 1. The van der Waals surface area contributed by atoms with Gasteiger partial charge >= 0.3 is 12.0 Å². The van der Waals surface area contributed by atoms with Gasteiger partial charge in [0.05, 0.1) is 17.0 Å². The Morgan fingerprint density at radius 1 is 1.40 bits per heavy atom. The van der Waals surface area contributed by atoms with Gasteiger partial charge in [0.15, 0.2) is 9.84 Å². The lowest BCUT2D eigenvalue weighted by atomic mass is 10.0. The summed E-state index contributed by atoms with van der Waals surface area (Å²) < 4.78 is 22.9. The maximum atomic E-state index is 11.8. The van der Waals surface area contributed by atoms with Crippen LogP contribution in [-0.4, -0.2) is 48.6 Å². The van der Waals surface area contributed by atoms with Gasteiger partial charge in [-0.3, -0.25) is 0 Å². The fourth-order valence-corrected chi connectivity index (χ4v) is 4.34. The third kappa shape index (κ3) is 4.99. The van der Waals surface area contributed by atoms with Gasteiger partial charge in [-0.2, -0.15) is 0 Å². The predicted molar refractivity (Wildman–Crippen MR) is 74.3 cm³/mol. The van der Waals surface area contributed by atoms with Gasteiger partial charge < -0.3 is 15.7 Å². The van der Waals surface area contributed by atoms with E-state index in [1.165, 1.54) is 0 Å². The molecule has 1 aliphatic heterocycles. The van der Waals surface area contributed by atoms with Crippen LogP contribution >= 0.6 is 0 Å². The number of hydrogen-bond donors (Lipinski definition) is 3. The molecule has 0 aromatic carbocycles. The lowest BCUT2D eigenvalue weighted by molar-refractivity contribution is -0.139. The fourth-order valence-electron chi connectivity index (χ4n) is 2.24. The largest absolute Gasteiger partial charge is 0.480 e. The summed E-state index contributed by atoms with van der Waals surface area (Å²) in [5.41, 5.74) is -0.823. The molecule has 2 atom stereocenters. The normalized spacial score (nSPS) is 25.9. The molecule has 0 spiro atoms. The number of sulfone groups is 1. The number of carboxylic acid groups (broad SMARTS) is 1. The number of carbonyl (C=O) groups is 2. The Hall–Kier alpha value is -1.31. The van der Waals surface area contributed by atoms with Gasteiger partial charge in [-0.1, -0.05) is 19.8 Å². The number of carbonyl (C=O) groups excluding carboxylic acids is 1. The van der Waals surface area contributed by atoms with Crippen molar-refractivity contribution >= 4 is 21.8 Å². The number of unbranched alkanes of at least 4 members (excludes halogenated alkanes) is 1. The van der Waals surface area contributed by atoms with E-state index in [2.05, 4.69) is 10.6 Å². The molecule has 0 aromatic rings. The van der Waals surface area contributed by atoms with Crippen LogP contribution in [0.15, 0.2) is 0 Å². The summed E-state index contributed by atoms with van der Waals surface area (Å²) in [6.45, 7) is 3.59. The first-order valence-electron chi connectivity index (χ1n) is 6.69. The summed E-state index contributed by atoms with van der Waals surface area (Å²) in [7, 11) is -3.12. The molecule has 116 valence electrons. The van der Waals surface area contributed by atoms with E-state index in [-0.39, 0.29) is 11.5 Å². The van der Waals surface area contributed by atoms with Gasteiger partial charge in [0.1, 0.15) is 6.04 Å². The van der Waals surface area contributed by atoms with Crippen LogP contribution in [-0.2, 0) is 14.6 Å². The molecular formula is C12H22N2O5S. The molecule has 0 aliphatic carbocycles. The van der Waals surface area contributed by atoms with E-state index in [4.69, 9.17) is 5.11 Å². The Labute approximate surface area is 119 Å². The van der Waals surface area contributed by atoms with E-state index in [1.54, 1.807) is 6.92 Å². The second kappa shape index (κ2) is 6.43. The van der Waals surface area contributed by atoms with Crippen molar-refractivity contribution < 1.29 is 23.1 Å². The van der Waals surface area contributed by atoms with Crippen LogP contribution in [0.4, 0.5) is 4.79 Å². The van der Waals surface area contributed by atoms with Gasteiger partial charge in [0.2, 0.25) is 0 Å². The maximum Gasteiger partial charge on any atom is 0.326 e. The first-order valence-corrected chi connectivity index (χ1v) is 8.51. The molecule has 2 amide bonds. The summed E-state index contributed by atoms with van der Waals surface area (Å²) in [5.74, 6) is -1.15. The Kier molecular flexibility index (Phi) is 5.38. The molecule has 1 aliphatic rings. The average Bonchev–Trinajstić information content (AvgIpc) is 2.58. The fraction of sp³-hybridized carbons (Fsp3) is 0.833. The van der Waals surface area contributed by atoms with E-state index in [1.807, 2.05) is 6.92 Å². The van der Waals surface area contributed by atoms with E-state index < -0.39 is 33.4 Å². The summed E-state index contributed by atoms with van der Waals surface area (Å²) in [4.78, 5) is 22.8. The molecule has 1 fully saturated rings. The number of amides is 2. The van der Waals surface area contributed by atoms with Crippen molar-refractivity contribution in [3.63, 3.8) is 0 Å². The summed E-state index contributed by atoms with van der Waals surface area (Å²) in [5, 5.41) is 14.0. The van der Waals surface area contributed by atoms with Crippen molar-refractivity contribution in [1.29, 1.82) is 0 Å². The van der Waals surface area contributed by atoms with Crippen LogP contribution in [0.25, 0.3) is 0 Å². The molecule has 0 bridgehead atoms. The Morgan fingerprint density at radius 2 is 2.05 bits per heavy atom. The van der Waals surface area contributed by atoms with Crippen molar-refractivity contribution in [2.45, 2.75) is 51.1 Å². The molecule has 3 N–H and O–H groups in total. The lowest BCUT2D eigenvalue weighted by Gasteiger charge is -2.25. The molecule has 1 rings (SSSR count). The molecule has 1 heterocycles. The Balaban J connectivity index is 2.56. The van der Waals surface area contributed by atoms with E-state index >= 15 is 0 Å². The van der Waals surface area contributed by atoms with Crippen LogP contribution in [0, 0.1) is 0 Å². The van der Waals surface area contributed by atoms with Crippen molar-refractivity contribution in [2.75, 3.05) is 11.5 Å². The zero-order valence-corrected chi connectivity index (χ0v) is 12.6. The van der Waals surface area contributed by atoms with Gasteiger partial charge in [-0.05, 0) is 19.8 Å². The van der Waals surface area contributed by atoms with Gasteiger partial charge in [-0.15, -0.1) is 0 Å². The van der Waals surface area contributed by atoms with E-state index in [0.29, 0.717) is 19.3 Å². The average molecular weight is 306 g/mol. The van der Waals surface area contributed by atoms with Crippen LogP contribution in [0.2, 0.25) is 0 Å². The molecule has 8 heteroatoms. The van der Waals surface area contributed by atoms with Gasteiger partial charge in [-0.25, -0.2) is 18.0 Å². The lowest BCUT2D eigenvalue weighted by Crippen LogP contribution is -2.54. The SMILES string of the molecule is CCCC[C@H](NC(=O)NC1(C)CCS(=O)(=O)C1)C(=O)O. The third-order valence-corrected chi connectivity index (χ3v) is 5.27. The quantitative estimate of drug-likeness (QED) is 0.661. The highest BCUT2D eigenvalue weighted by atomic mass is 32.2. The predicted octanol–water partition coefficient (Wildman–Crippen LogP) is 0.506. The van der Waals surface area contributed by atoms with Crippen LogP contribution in [0.3, 0.4) is 0 Å². The minimum absolute atomic E-state index is 0.0436. The van der Waals surface area contributed by atoms with Crippen molar-refractivity contribution in [2.24, 2.45) is 0 Å². The molecular weight excluding hydrogens is 284 g/mol.